The first-order valence-electron chi connectivity index (χ1n) is 5.98. The molecule has 0 aromatic heterocycles. The third kappa shape index (κ3) is 3.83. The van der Waals surface area contributed by atoms with E-state index in [1.54, 1.807) is 0 Å². The van der Waals surface area contributed by atoms with E-state index in [0.717, 1.165) is 20.9 Å². The van der Waals surface area contributed by atoms with Crippen molar-refractivity contribution >= 4 is 56.0 Å². The summed E-state index contributed by atoms with van der Waals surface area (Å²) in [6, 6.07) is 5.67. The number of carbonyl (C=O) groups excluding carboxylic acids is 1. The minimum absolute atomic E-state index is 0.0757. The van der Waals surface area contributed by atoms with Crippen LogP contribution in [-0.4, -0.2) is 30.5 Å². The second-order valence-corrected chi connectivity index (χ2v) is 6.95. The van der Waals surface area contributed by atoms with Crippen LogP contribution in [0.2, 0.25) is 0 Å². The summed E-state index contributed by atoms with van der Waals surface area (Å²) in [7, 11) is 0. The zero-order valence-electron chi connectivity index (χ0n) is 10.2. The Balaban J connectivity index is 2.17. The molecule has 0 saturated carbocycles. The highest BCUT2D eigenvalue weighted by molar-refractivity contribution is 14.1. The van der Waals surface area contributed by atoms with Crippen LogP contribution in [0.4, 0.5) is 0 Å². The second-order valence-electron chi connectivity index (χ2n) is 4.60. The van der Waals surface area contributed by atoms with Gasteiger partial charge in [-0.3, -0.25) is 4.79 Å². The highest BCUT2D eigenvalue weighted by Crippen LogP contribution is 2.24. The first kappa shape index (κ1) is 15.5. The molecule has 104 valence electrons. The molecule has 0 bridgehead atoms. The molecule has 1 aromatic rings. The minimum atomic E-state index is -0.345. The topological polar surface area (TPSA) is 38.3 Å². The maximum atomic E-state index is 12.4. The molecule has 1 aliphatic rings. The molecule has 6 heteroatoms. The van der Waals surface area contributed by atoms with Gasteiger partial charge >= 0.3 is 0 Å². The van der Waals surface area contributed by atoms with Gasteiger partial charge in [-0.25, -0.2) is 0 Å². The number of benzene rings is 1. The first-order chi connectivity index (χ1) is 9.06. The van der Waals surface area contributed by atoms with Gasteiger partial charge in [0, 0.05) is 27.1 Å². The number of ether oxygens (including phenoxy) is 1. The average Bonchev–Trinajstić information content (AvgIpc) is 2.42. The molecule has 1 amide bonds. The van der Waals surface area contributed by atoms with Gasteiger partial charge in [0.1, 0.15) is 0 Å². The number of hydrogen-bond donors (Lipinski definition) is 1. The molecular formula is C13H14BrClINO2. The van der Waals surface area contributed by atoms with E-state index in [9.17, 15) is 4.79 Å². The third-order valence-electron chi connectivity index (χ3n) is 3.26. The summed E-state index contributed by atoms with van der Waals surface area (Å²) >= 11 is 11.6. The summed E-state index contributed by atoms with van der Waals surface area (Å²) in [4.78, 5) is 12.4. The minimum Gasteiger partial charge on any atom is -0.381 e. The van der Waals surface area contributed by atoms with E-state index in [1.807, 2.05) is 18.2 Å². The summed E-state index contributed by atoms with van der Waals surface area (Å²) in [6.45, 7) is 1.28. The number of halogens is 3. The van der Waals surface area contributed by atoms with E-state index in [0.29, 0.717) is 24.7 Å². The van der Waals surface area contributed by atoms with Gasteiger partial charge in [0.2, 0.25) is 0 Å². The Morgan fingerprint density at radius 3 is 2.79 bits per heavy atom. The zero-order valence-corrected chi connectivity index (χ0v) is 14.7. The van der Waals surface area contributed by atoms with Gasteiger partial charge in [-0.2, -0.15) is 0 Å². The SMILES string of the molecule is O=C(NC1(CCl)CCOCC1)c1cc(Br)ccc1I. The van der Waals surface area contributed by atoms with Crippen molar-refractivity contribution < 1.29 is 9.53 Å². The summed E-state index contributed by atoms with van der Waals surface area (Å²) in [5.41, 5.74) is 0.327. The molecule has 1 aliphatic heterocycles. The number of nitrogens with one attached hydrogen (secondary N) is 1. The Kier molecular flexibility index (Phi) is 5.51. The lowest BCUT2D eigenvalue weighted by Gasteiger charge is -2.36. The molecule has 1 heterocycles. The van der Waals surface area contributed by atoms with E-state index >= 15 is 0 Å². The molecular weight excluding hydrogens is 444 g/mol. The van der Waals surface area contributed by atoms with Gasteiger partial charge in [0.05, 0.1) is 11.1 Å². The number of amides is 1. The number of alkyl halides is 1. The van der Waals surface area contributed by atoms with Crippen LogP contribution < -0.4 is 5.32 Å². The van der Waals surface area contributed by atoms with Crippen LogP contribution in [0.25, 0.3) is 0 Å². The zero-order chi connectivity index (χ0) is 13.9. The monoisotopic (exact) mass is 457 g/mol. The van der Waals surface area contributed by atoms with Crippen molar-refractivity contribution in [2.45, 2.75) is 18.4 Å². The van der Waals surface area contributed by atoms with Gasteiger partial charge in [0.15, 0.2) is 0 Å². The largest absolute Gasteiger partial charge is 0.381 e. The summed E-state index contributed by atoms with van der Waals surface area (Å²) in [5, 5.41) is 3.09. The van der Waals surface area contributed by atoms with Crippen LogP contribution in [0.1, 0.15) is 23.2 Å². The third-order valence-corrected chi connectivity index (χ3v) is 5.20. The Labute approximate surface area is 139 Å². The van der Waals surface area contributed by atoms with Crippen LogP contribution >= 0.6 is 50.1 Å². The molecule has 1 fully saturated rings. The second kappa shape index (κ2) is 6.74. The predicted octanol–water partition coefficient (Wildman–Crippen LogP) is 3.57. The van der Waals surface area contributed by atoms with Crippen molar-refractivity contribution in [3.05, 3.63) is 31.8 Å². The highest BCUT2D eigenvalue weighted by Gasteiger charge is 2.33. The van der Waals surface area contributed by atoms with Crippen LogP contribution in [0.3, 0.4) is 0 Å². The van der Waals surface area contributed by atoms with Crippen molar-refractivity contribution in [2.24, 2.45) is 0 Å². The Bertz CT molecular complexity index is 478. The molecule has 3 nitrogen and oxygen atoms in total. The first-order valence-corrected chi connectivity index (χ1v) is 8.38. The van der Waals surface area contributed by atoms with Gasteiger partial charge < -0.3 is 10.1 Å². The lowest BCUT2D eigenvalue weighted by Crippen LogP contribution is -2.53. The van der Waals surface area contributed by atoms with E-state index < -0.39 is 0 Å². The molecule has 2 rings (SSSR count). The standard InChI is InChI=1S/C13H14BrClINO2/c14-9-1-2-11(16)10(7-9)12(18)17-13(8-15)3-5-19-6-4-13/h1-2,7H,3-6,8H2,(H,17,18). The lowest BCUT2D eigenvalue weighted by molar-refractivity contribution is 0.0433. The molecule has 0 spiro atoms. The van der Waals surface area contributed by atoms with E-state index in [1.165, 1.54) is 0 Å². The Morgan fingerprint density at radius 1 is 1.47 bits per heavy atom. The summed E-state index contributed by atoms with van der Waals surface area (Å²) in [6.07, 6.45) is 1.51. The molecule has 1 saturated heterocycles. The molecule has 19 heavy (non-hydrogen) atoms. The predicted molar refractivity (Wildman–Crippen MR) is 87.8 cm³/mol. The normalized spacial score (nSPS) is 18.1. The number of carbonyl (C=O) groups is 1. The van der Waals surface area contributed by atoms with Crippen molar-refractivity contribution in [3.63, 3.8) is 0 Å². The van der Waals surface area contributed by atoms with Crippen molar-refractivity contribution in [1.29, 1.82) is 0 Å². The van der Waals surface area contributed by atoms with Crippen LogP contribution in [-0.2, 0) is 4.74 Å². The molecule has 1 N–H and O–H groups in total. The molecule has 0 radical (unpaired) electrons. The van der Waals surface area contributed by atoms with Gasteiger partial charge in [0.25, 0.3) is 5.91 Å². The van der Waals surface area contributed by atoms with Crippen LogP contribution in [0, 0.1) is 3.57 Å². The van der Waals surface area contributed by atoms with E-state index in [4.69, 9.17) is 16.3 Å². The molecule has 1 aromatic carbocycles. The fourth-order valence-corrected chi connectivity index (χ4v) is 3.31. The van der Waals surface area contributed by atoms with Crippen LogP contribution in [0.15, 0.2) is 22.7 Å². The van der Waals surface area contributed by atoms with Crippen molar-refractivity contribution in [2.75, 3.05) is 19.1 Å². The van der Waals surface area contributed by atoms with E-state index in [-0.39, 0.29) is 11.4 Å². The lowest BCUT2D eigenvalue weighted by atomic mass is 9.92. The molecule has 0 unspecified atom stereocenters. The highest BCUT2D eigenvalue weighted by atomic mass is 127. The maximum absolute atomic E-state index is 12.4. The maximum Gasteiger partial charge on any atom is 0.252 e. The Morgan fingerprint density at radius 2 is 2.16 bits per heavy atom. The smallest absolute Gasteiger partial charge is 0.252 e. The fraction of sp³-hybridized carbons (Fsp3) is 0.462. The summed E-state index contributed by atoms with van der Waals surface area (Å²) < 4.78 is 7.16. The number of rotatable bonds is 3. The Hall–Kier alpha value is 0.150. The molecule has 0 atom stereocenters. The van der Waals surface area contributed by atoms with Gasteiger partial charge in [-0.15, -0.1) is 11.6 Å². The van der Waals surface area contributed by atoms with Gasteiger partial charge in [-0.05, 0) is 53.6 Å². The fourth-order valence-electron chi connectivity index (χ4n) is 2.03. The van der Waals surface area contributed by atoms with Gasteiger partial charge in [-0.1, -0.05) is 15.9 Å². The molecule has 0 aliphatic carbocycles. The quantitative estimate of drug-likeness (QED) is 0.556. The van der Waals surface area contributed by atoms with E-state index in [2.05, 4.69) is 43.8 Å². The van der Waals surface area contributed by atoms with Crippen LogP contribution in [0.5, 0.6) is 0 Å². The van der Waals surface area contributed by atoms with Crippen molar-refractivity contribution in [3.8, 4) is 0 Å². The average molecular weight is 459 g/mol. The number of hydrogen-bond acceptors (Lipinski definition) is 2. The van der Waals surface area contributed by atoms with Crippen molar-refractivity contribution in [1.82, 2.24) is 5.32 Å². The summed E-state index contributed by atoms with van der Waals surface area (Å²) in [5.74, 6) is 0.334.